The Morgan fingerprint density at radius 2 is 1.85 bits per heavy atom. The highest BCUT2D eigenvalue weighted by Crippen LogP contribution is 2.35. The van der Waals surface area contributed by atoms with Gasteiger partial charge in [-0.2, -0.15) is 5.10 Å². The van der Waals surface area contributed by atoms with Crippen molar-refractivity contribution in [1.29, 1.82) is 0 Å². The number of H-pyrrole nitrogens is 2. The van der Waals surface area contributed by atoms with Crippen molar-refractivity contribution < 1.29 is 14.2 Å². The van der Waals surface area contributed by atoms with E-state index in [1.54, 1.807) is 24.7 Å². The Balaban J connectivity index is 1.23. The Kier molecular flexibility index (Phi) is 6.09. The fourth-order valence-electron chi connectivity index (χ4n) is 5.35. The molecule has 6 heterocycles. The fourth-order valence-corrected chi connectivity index (χ4v) is 5.35. The number of nitrogens with one attached hydrogen (secondary N) is 2. The molecule has 0 bridgehead atoms. The van der Waals surface area contributed by atoms with Crippen molar-refractivity contribution in [2.75, 3.05) is 26.2 Å². The van der Waals surface area contributed by atoms with E-state index < -0.39 is 0 Å². The number of pyridine rings is 3. The van der Waals surface area contributed by atoms with Crippen molar-refractivity contribution in [3.8, 4) is 45.3 Å². The zero-order valence-electron chi connectivity index (χ0n) is 21.6. The lowest BCUT2D eigenvalue weighted by molar-refractivity contribution is 0.237. The Hall–Kier alpha value is -4.83. The Morgan fingerprint density at radius 1 is 0.950 bits per heavy atom. The van der Waals surface area contributed by atoms with E-state index in [4.69, 9.17) is 4.74 Å². The smallest absolute Gasteiger partial charge is 0.138 e. The second-order valence-corrected chi connectivity index (χ2v) is 10.00. The summed E-state index contributed by atoms with van der Waals surface area (Å²) in [5, 5.41) is 19.1. The van der Waals surface area contributed by atoms with Gasteiger partial charge in [-0.05, 0) is 73.5 Å². The molecule has 6 aromatic rings. The number of ether oxygens (including phenoxy) is 1. The van der Waals surface area contributed by atoms with Crippen LogP contribution in [-0.4, -0.2) is 66.4 Å². The largest absolute Gasteiger partial charge is 0.506 e. The van der Waals surface area contributed by atoms with Crippen LogP contribution in [0.2, 0.25) is 0 Å². The van der Waals surface area contributed by atoms with Crippen LogP contribution >= 0.6 is 0 Å². The summed E-state index contributed by atoms with van der Waals surface area (Å²) >= 11 is 0. The van der Waals surface area contributed by atoms with Crippen LogP contribution in [0.3, 0.4) is 0 Å². The third-order valence-electron chi connectivity index (χ3n) is 7.31. The Bertz CT molecular complexity index is 1840. The summed E-state index contributed by atoms with van der Waals surface area (Å²) < 4.78 is 20.6. The van der Waals surface area contributed by atoms with Gasteiger partial charge < -0.3 is 14.8 Å². The molecular formula is C30H26FN7O2. The second kappa shape index (κ2) is 10.0. The minimum Gasteiger partial charge on any atom is -0.506 e. The van der Waals surface area contributed by atoms with E-state index in [9.17, 15) is 9.50 Å². The van der Waals surface area contributed by atoms with E-state index in [0.717, 1.165) is 47.2 Å². The number of hydrogen-bond donors (Lipinski definition) is 3. The second-order valence-electron chi connectivity index (χ2n) is 10.00. The van der Waals surface area contributed by atoms with E-state index in [0.29, 0.717) is 40.5 Å². The first-order valence-electron chi connectivity index (χ1n) is 13.2. The van der Waals surface area contributed by atoms with E-state index in [2.05, 4.69) is 35.0 Å². The summed E-state index contributed by atoms with van der Waals surface area (Å²) in [6.45, 7) is 3.55. The van der Waals surface area contributed by atoms with E-state index in [-0.39, 0.29) is 11.6 Å². The van der Waals surface area contributed by atoms with Crippen LogP contribution in [-0.2, 0) is 0 Å². The van der Waals surface area contributed by atoms with Crippen LogP contribution in [0.1, 0.15) is 12.8 Å². The molecule has 1 fully saturated rings. The Morgan fingerprint density at radius 3 is 2.73 bits per heavy atom. The molecule has 0 unspecified atom stereocenters. The minimum absolute atomic E-state index is 0.0681. The summed E-state index contributed by atoms with van der Waals surface area (Å²) in [4.78, 5) is 18.8. The average Bonchev–Trinajstić information content (AvgIpc) is 3.72. The molecule has 1 aliphatic rings. The maximum Gasteiger partial charge on any atom is 0.138 e. The maximum absolute atomic E-state index is 14.7. The van der Waals surface area contributed by atoms with Gasteiger partial charge in [-0.25, -0.2) is 9.37 Å². The zero-order valence-corrected chi connectivity index (χ0v) is 21.6. The van der Waals surface area contributed by atoms with Gasteiger partial charge in [0.05, 0.1) is 29.3 Å². The lowest BCUT2D eigenvalue weighted by atomic mass is 10.0. The molecule has 0 radical (unpaired) electrons. The molecule has 1 saturated heterocycles. The SMILES string of the molecule is Oc1cncc(-c2cc3c(-c4cc5c(-c6cc(F)cc(OCCN7CCCC7)c6)ccnc5[nH]4)n[nH]c3cn2)c1. The number of aromatic nitrogens is 6. The predicted molar refractivity (Wildman–Crippen MR) is 150 cm³/mol. The molecule has 0 saturated carbocycles. The minimum atomic E-state index is -0.353. The summed E-state index contributed by atoms with van der Waals surface area (Å²) in [6.07, 6.45) is 8.88. The number of benzene rings is 1. The maximum atomic E-state index is 14.7. The molecule has 5 aromatic heterocycles. The highest BCUT2D eigenvalue weighted by Gasteiger charge is 2.17. The molecule has 1 aromatic carbocycles. The topological polar surface area (TPSA) is 116 Å². The van der Waals surface area contributed by atoms with Crippen molar-refractivity contribution in [1.82, 2.24) is 35.0 Å². The summed E-state index contributed by atoms with van der Waals surface area (Å²) in [6, 6.07) is 12.2. The van der Waals surface area contributed by atoms with Gasteiger partial charge in [-0.3, -0.25) is 20.0 Å². The first-order chi connectivity index (χ1) is 19.6. The third kappa shape index (κ3) is 4.62. The first kappa shape index (κ1) is 24.2. The standard InChI is InChI=1S/C30H26FN7O2/c31-20-9-18(11-22(12-20)40-8-7-38-5-1-2-6-38)23-3-4-33-30-24(23)13-27(35-30)29-25-14-26(34-17-28(25)36-37-29)19-10-21(39)16-32-15-19/h3-4,9-17,39H,1-2,5-8H2,(H,33,35)(H,36,37). The van der Waals surface area contributed by atoms with Crippen LogP contribution in [0.15, 0.2) is 67.3 Å². The molecule has 0 amide bonds. The zero-order chi connectivity index (χ0) is 27.1. The van der Waals surface area contributed by atoms with Crippen molar-refractivity contribution >= 4 is 21.9 Å². The average molecular weight is 536 g/mol. The molecule has 0 atom stereocenters. The van der Waals surface area contributed by atoms with Gasteiger partial charge >= 0.3 is 0 Å². The number of hydrogen-bond acceptors (Lipinski definition) is 7. The fraction of sp³-hybridized carbons (Fsp3) is 0.200. The molecule has 200 valence electrons. The predicted octanol–water partition coefficient (Wildman–Crippen LogP) is 5.55. The first-order valence-corrected chi connectivity index (χ1v) is 13.2. The van der Waals surface area contributed by atoms with Crippen molar-refractivity contribution in [3.05, 3.63) is 73.1 Å². The number of halogens is 1. The molecule has 9 nitrogen and oxygen atoms in total. The normalized spacial score (nSPS) is 13.9. The van der Waals surface area contributed by atoms with Crippen molar-refractivity contribution in [3.63, 3.8) is 0 Å². The molecule has 3 N–H and O–H groups in total. The lowest BCUT2D eigenvalue weighted by Gasteiger charge is -2.15. The highest BCUT2D eigenvalue weighted by atomic mass is 19.1. The van der Waals surface area contributed by atoms with Gasteiger partial charge in [0.1, 0.15) is 35.3 Å². The number of nitrogens with zero attached hydrogens (tertiary/aromatic N) is 5. The molecule has 7 rings (SSSR count). The lowest BCUT2D eigenvalue weighted by Crippen LogP contribution is -2.25. The van der Waals surface area contributed by atoms with Crippen molar-refractivity contribution in [2.24, 2.45) is 0 Å². The van der Waals surface area contributed by atoms with Crippen LogP contribution < -0.4 is 4.74 Å². The number of rotatable bonds is 7. The molecule has 40 heavy (non-hydrogen) atoms. The molecular weight excluding hydrogens is 509 g/mol. The van der Waals surface area contributed by atoms with Gasteiger partial charge in [0, 0.05) is 41.3 Å². The van der Waals surface area contributed by atoms with Gasteiger partial charge in [0.25, 0.3) is 0 Å². The van der Waals surface area contributed by atoms with Crippen molar-refractivity contribution in [2.45, 2.75) is 12.8 Å². The Labute approximate surface area is 228 Å². The number of aromatic amines is 2. The monoisotopic (exact) mass is 535 g/mol. The van der Waals surface area contributed by atoms with Gasteiger partial charge in [-0.1, -0.05) is 0 Å². The van der Waals surface area contributed by atoms with Crippen LogP contribution in [0.5, 0.6) is 11.5 Å². The highest BCUT2D eigenvalue weighted by molar-refractivity contribution is 6.00. The van der Waals surface area contributed by atoms with E-state index in [1.165, 1.54) is 31.2 Å². The van der Waals surface area contributed by atoms with Crippen LogP contribution in [0.4, 0.5) is 4.39 Å². The summed E-state index contributed by atoms with van der Waals surface area (Å²) in [5.74, 6) is 0.224. The van der Waals surface area contributed by atoms with Gasteiger partial charge in [0.2, 0.25) is 0 Å². The van der Waals surface area contributed by atoms with Crippen LogP contribution in [0, 0.1) is 5.82 Å². The quantitative estimate of drug-likeness (QED) is 0.245. The summed E-state index contributed by atoms with van der Waals surface area (Å²) in [5.41, 5.74) is 5.78. The molecule has 10 heteroatoms. The molecule has 0 aliphatic carbocycles. The number of likely N-dealkylation sites (tertiary alicyclic amines) is 1. The molecule has 0 spiro atoms. The third-order valence-corrected chi connectivity index (χ3v) is 7.31. The summed E-state index contributed by atoms with van der Waals surface area (Å²) in [7, 11) is 0. The van der Waals surface area contributed by atoms with E-state index in [1.807, 2.05) is 24.3 Å². The number of aromatic hydroxyl groups is 1. The van der Waals surface area contributed by atoms with Gasteiger partial charge in [-0.15, -0.1) is 0 Å². The van der Waals surface area contributed by atoms with Crippen LogP contribution in [0.25, 0.3) is 55.7 Å². The van der Waals surface area contributed by atoms with E-state index >= 15 is 0 Å². The van der Waals surface area contributed by atoms with Gasteiger partial charge in [0.15, 0.2) is 0 Å². The molecule has 1 aliphatic heterocycles. The number of fused-ring (bicyclic) bond motifs is 2.